The number of nitrogens with zero attached hydrogens (tertiary/aromatic N) is 5. The highest BCUT2D eigenvalue weighted by Crippen LogP contribution is 2.45. The van der Waals surface area contributed by atoms with Crippen molar-refractivity contribution in [2.24, 2.45) is 11.8 Å². The summed E-state index contributed by atoms with van der Waals surface area (Å²) in [6.45, 7) is 13.1. The number of hydrogen-bond donors (Lipinski definition) is 1. The molecule has 6 nitrogen and oxygen atoms in total. The van der Waals surface area contributed by atoms with Crippen LogP contribution in [-0.4, -0.2) is 32.7 Å². The van der Waals surface area contributed by atoms with E-state index in [-0.39, 0.29) is 12.1 Å². The van der Waals surface area contributed by atoms with E-state index in [0.717, 1.165) is 52.4 Å². The fourth-order valence-electron chi connectivity index (χ4n) is 6.79. The predicted molar refractivity (Wildman–Crippen MR) is 172 cm³/mol. The fourth-order valence-corrected chi connectivity index (χ4v) is 7.43. The van der Waals surface area contributed by atoms with Gasteiger partial charge in [-0.1, -0.05) is 31.5 Å². The Bertz CT molecular complexity index is 1570. The third-order valence-corrected chi connectivity index (χ3v) is 9.05. The molecular weight excluding hydrogens is 548 g/mol. The van der Waals surface area contributed by atoms with Crippen molar-refractivity contribution in [2.45, 2.75) is 53.1 Å². The minimum atomic E-state index is -0.134. The molecule has 212 valence electrons. The summed E-state index contributed by atoms with van der Waals surface area (Å²) in [5.41, 5.74) is 7.60. The third kappa shape index (κ3) is 5.22. The molecule has 0 saturated carbocycles. The van der Waals surface area contributed by atoms with Gasteiger partial charge in [0, 0.05) is 42.6 Å². The maximum absolute atomic E-state index is 7.03. The quantitative estimate of drug-likeness (QED) is 0.245. The van der Waals surface area contributed by atoms with Crippen molar-refractivity contribution in [3.05, 3.63) is 100 Å². The molecule has 6 rings (SSSR count). The Morgan fingerprint density at radius 1 is 0.927 bits per heavy atom. The zero-order chi connectivity index (χ0) is 28.8. The first kappa shape index (κ1) is 27.7. The lowest BCUT2D eigenvalue weighted by atomic mass is 9.91. The van der Waals surface area contributed by atoms with Crippen molar-refractivity contribution >= 4 is 40.3 Å². The molecule has 0 amide bonds. The molecular formula is C33H37ClN6S. The van der Waals surface area contributed by atoms with Gasteiger partial charge in [0.05, 0.1) is 28.5 Å². The van der Waals surface area contributed by atoms with E-state index < -0.39 is 0 Å². The highest BCUT2D eigenvalue weighted by atomic mass is 35.5. The summed E-state index contributed by atoms with van der Waals surface area (Å²) >= 11 is 13.0. The van der Waals surface area contributed by atoms with E-state index in [1.165, 1.54) is 17.5 Å². The second-order valence-electron chi connectivity index (χ2n) is 11.8. The molecule has 0 aliphatic carbocycles. The highest BCUT2D eigenvalue weighted by Gasteiger charge is 2.42. The Kier molecular flexibility index (Phi) is 7.51. The largest absolute Gasteiger partial charge is 0.370 e. The molecule has 0 spiro atoms. The van der Waals surface area contributed by atoms with E-state index in [2.05, 4.69) is 90.7 Å². The van der Waals surface area contributed by atoms with Crippen LogP contribution in [0, 0.1) is 32.6 Å². The monoisotopic (exact) mass is 584 g/mol. The summed E-state index contributed by atoms with van der Waals surface area (Å²) in [4.78, 5) is 14.1. The lowest BCUT2D eigenvalue weighted by Gasteiger charge is -2.37. The molecule has 1 N–H and O–H groups in total. The van der Waals surface area contributed by atoms with Gasteiger partial charge >= 0.3 is 0 Å². The number of rotatable bonds is 5. The molecule has 8 heteroatoms. The lowest BCUT2D eigenvalue weighted by molar-refractivity contribution is 0.357. The molecule has 41 heavy (non-hydrogen) atoms. The number of thiocarbonyl (C=S) groups is 1. The SMILES string of the molecule is Cc1ccnc(-n2c(C)cc(C3C(c4ccccn4)NC(=S)N3c3ccc(N4CC(C)CC(C)C4)c(Cl)c3)c2C)c1. The first-order valence-electron chi connectivity index (χ1n) is 14.4. The summed E-state index contributed by atoms with van der Waals surface area (Å²) < 4.78 is 2.23. The van der Waals surface area contributed by atoms with Gasteiger partial charge in [-0.15, -0.1) is 0 Å². The number of halogens is 1. The van der Waals surface area contributed by atoms with Crippen LogP contribution in [0.5, 0.6) is 0 Å². The van der Waals surface area contributed by atoms with Crippen molar-refractivity contribution in [3.8, 4) is 5.82 Å². The Morgan fingerprint density at radius 3 is 2.39 bits per heavy atom. The average Bonchev–Trinajstić information content (AvgIpc) is 3.43. The van der Waals surface area contributed by atoms with Gasteiger partial charge in [0.1, 0.15) is 5.82 Å². The molecule has 0 bridgehead atoms. The maximum Gasteiger partial charge on any atom is 0.174 e. The number of piperidine rings is 1. The van der Waals surface area contributed by atoms with Crippen molar-refractivity contribution in [1.29, 1.82) is 0 Å². The van der Waals surface area contributed by atoms with Gasteiger partial charge in [-0.25, -0.2) is 4.98 Å². The number of nitrogens with one attached hydrogen (secondary N) is 1. The van der Waals surface area contributed by atoms with E-state index in [0.29, 0.717) is 16.9 Å². The van der Waals surface area contributed by atoms with Crippen molar-refractivity contribution in [1.82, 2.24) is 19.9 Å². The lowest BCUT2D eigenvalue weighted by Crippen LogP contribution is -2.38. The molecule has 3 aromatic heterocycles. The van der Waals surface area contributed by atoms with Gasteiger partial charge in [-0.05, 0) is 111 Å². The van der Waals surface area contributed by atoms with Crippen LogP contribution in [0.3, 0.4) is 0 Å². The average molecular weight is 585 g/mol. The number of hydrogen-bond acceptors (Lipinski definition) is 4. The molecule has 2 aliphatic rings. The van der Waals surface area contributed by atoms with Gasteiger partial charge in [0.2, 0.25) is 0 Å². The molecule has 4 aromatic rings. The maximum atomic E-state index is 7.03. The first-order chi connectivity index (χ1) is 19.7. The molecule has 0 radical (unpaired) electrons. The number of aryl methyl sites for hydroxylation is 2. The summed E-state index contributed by atoms with van der Waals surface area (Å²) in [6, 6.07) is 18.6. The van der Waals surface area contributed by atoms with E-state index in [9.17, 15) is 0 Å². The molecule has 1 aromatic carbocycles. The summed E-state index contributed by atoms with van der Waals surface area (Å²) in [5, 5.41) is 5.01. The van der Waals surface area contributed by atoms with Gasteiger partial charge in [-0.2, -0.15) is 0 Å². The minimum absolute atomic E-state index is 0.126. The van der Waals surface area contributed by atoms with Crippen LogP contribution in [0.25, 0.3) is 5.82 Å². The standard InChI is InChI=1S/C33H37ClN6S/c1-20-11-13-36-30(15-20)39-23(4)16-26(24(39)5)32-31(28-8-6-7-12-35-28)37-33(41)40(32)25-9-10-29(27(34)17-25)38-18-21(2)14-22(3)19-38/h6-13,15-17,21-22,31-32H,14,18-19H2,1-5H3,(H,37,41). The Morgan fingerprint density at radius 2 is 1.71 bits per heavy atom. The van der Waals surface area contributed by atoms with Crippen LogP contribution < -0.4 is 15.1 Å². The van der Waals surface area contributed by atoms with Gasteiger partial charge in [-0.3, -0.25) is 4.98 Å². The minimum Gasteiger partial charge on any atom is -0.370 e. The Hall–Kier alpha value is -3.42. The molecule has 4 unspecified atom stereocenters. The molecule has 2 fully saturated rings. The van der Waals surface area contributed by atoms with Crippen LogP contribution in [0.1, 0.15) is 60.6 Å². The summed E-state index contributed by atoms with van der Waals surface area (Å²) in [6.07, 6.45) is 4.96. The number of aromatic nitrogens is 3. The zero-order valence-corrected chi connectivity index (χ0v) is 25.9. The normalized spacial score (nSPS) is 22.7. The van der Waals surface area contributed by atoms with Crippen molar-refractivity contribution < 1.29 is 0 Å². The number of benzene rings is 1. The zero-order valence-electron chi connectivity index (χ0n) is 24.3. The number of anilines is 2. The van der Waals surface area contributed by atoms with Gasteiger partial charge < -0.3 is 19.7 Å². The molecule has 2 aliphatic heterocycles. The number of pyridine rings is 2. The van der Waals surface area contributed by atoms with Crippen LogP contribution in [-0.2, 0) is 0 Å². The van der Waals surface area contributed by atoms with Gasteiger partial charge in [0.15, 0.2) is 5.11 Å². The van der Waals surface area contributed by atoms with E-state index >= 15 is 0 Å². The highest BCUT2D eigenvalue weighted by molar-refractivity contribution is 7.80. The van der Waals surface area contributed by atoms with E-state index in [1.807, 2.05) is 30.6 Å². The van der Waals surface area contributed by atoms with Crippen molar-refractivity contribution in [3.63, 3.8) is 0 Å². The van der Waals surface area contributed by atoms with Gasteiger partial charge in [0.25, 0.3) is 0 Å². The van der Waals surface area contributed by atoms with Crippen LogP contribution in [0.4, 0.5) is 11.4 Å². The Labute approximate surface area is 253 Å². The first-order valence-corrected chi connectivity index (χ1v) is 15.2. The fraction of sp³-hybridized carbons (Fsp3) is 0.364. The summed E-state index contributed by atoms with van der Waals surface area (Å²) in [5.74, 6) is 2.20. The van der Waals surface area contributed by atoms with Crippen LogP contribution in [0.2, 0.25) is 5.02 Å². The van der Waals surface area contributed by atoms with E-state index in [4.69, 9.17) is 33.8 Å². The third-order valence-electron chi connectivity index (χ3n) is 8.44. The second-order valence-corrected chi connectivity index (χ2v) is 12.6. The Balaban J connectivity index is 1.44. The molecule has 5 heterocycles. The van der Waals surface area contributed by atoms with Crippen LogP contribution in [0.15, 0.2) is 67.0 Å². The molecule has 2 saturated heterocycles. The smallest absolute Gasteiger partial charge is 0.174 e. The van der Waals surface area contributed by atoms with Crippen molar-refractivity contribution in [2.75, 3.05) is 22.9 Å². The van der Waals surface area contributed by atoms with E-state index in [1.54, 1.807) is 0 Å². The van der Waals surface area contributed by atoms with Crippen LogP contribution >= 0.6 is 23.8 Å². The summed E-state index contributed by atoms with van der Waals surface area (Å²) in [7, 11) is 0. The predicted octanol–water partition coefficient (Wildman–Crippen LogP) is 7.51. The second kappa shape index (κ2) is 11.1. The molecule has 4 atom stereocenters. The topological polar surface area (TPSA) is 49.2 Å².